The molecule has 1 heterocycles. The Morgan fingerprint density at radius 3 is 2.35 bits per heavy atom. The fraction of sp³-hybridized carbons (Fsp3) is 0.500. The van der Waals surface area contributed by atoms with Crippen LogP contribution in [0.2, 0.25) is 0 Å². The molecule has 1 fully saturated rings. The Labute approximate surface area is 201 Å². The molecule has 1 aliphatic rings. The molecule has 0 radical (unpaired) electrons. The Bertz CT molecular complexity index is 934. The first-order valence-corrected chi connectivity index (χ1v) is 11.9. The number of ether oxygens (including phenoxy) is 1. The van der Waals surface area contributed by atoms with Crippen LogP contribution in [0.3, 0.4) is 0 Å². The number of rotatable bonds is 11. The van der Waals surface area contributed by atoms with Gasteiger partial charge in [-0.05, 0) is 42.0 Å². The molecule has 34 heavy (non-hydrogen) atoms. The number of nitrogens with zero attached hydrogens (tertiary/aromatic N) is 1. The fourth-order valence-corrected chi connectivity index (χ4v) is 4.23. The van der Waals surface area contributed by atoms with E-state index in [1.807, 2.05) is 24.3 Å². The minimum absolute atomic E-state index is 0.114. The summed E-state index contributed by atoms with van der Waals surface area (Å²) in [6.07, 6.45) is 5.45. The van der Waals surface area contributed by atoms with Crippen molar-refractivity contribution in [2.45, 2.75) is 57.5 Å². The van der Waals surface area contributed by atoms with Gasteiger partial charge in [0.05, 0.1) is 19.4 Å². The van der Waals surface area contributed by atoms with Gasteiger partial charge >= 0.3 is 0 Å². The van der Waals surface area contributed by atoms with E-state index in [2.05, 4.69) is 24.5 Å². The number of furan rings is 1. The van der Waals surface area contributed by atoms with Crippen LogP contribution < -0.4 is 10.6 Å². The SMILES string of the molecule is COCCN(C(=O)CNC(=O)c1ccco1)C(C(=O)NC1CCCC1)c1ccc(C(C)C)cc1. The maximum Gasteiger partial charge on any atom is 0.287 e. The molecule has 3 rings (SSSR count). The topological polar surface area (TPSA) is 101 Å². The van der Waals surface area contributed by atoms with E-state index >= 15 is 0 Å². The van der Waals surface area contributed by atoms with Gasteiger partial charge in [0.15, 0.2) is 5.76 Å². The third-order valence-electron chi connectivity index (χ3n) is 6.18. The molecule has 0 saturated heterocycles. The maximum absolute atomic E-state index is 13.5. The van der Waals surface area contributed by atoms with Gasteiger partial charge in [-0.1, -0.05) is 51.0 Å². The summed E-state index contributed by atoms with van der Waals surface area (Å²) in [6.45, 7) is 4.42. The van der Waals surface area contributed by atoms with E-state index in [0.717, 1.165) is 36.8 Å². The van der Waals surface area contributed by atoms with Gasteiger partial charge in [-0.2, -0.15) is 0 Å². The second kappa shape index (κ2) is 12.4. The van der Waals surface area contributed by atoms with E-state index in [-0.39, 0.29) is 43.3 Å². The molecule has 2 aromatic rings. The molecule has 3 amide bonds. The van der Waals surface area contributed by atoms with Crippen molar-refractivity contribution in [1.29, 1.82) is 0 Å². The third-order valence-corrected chi connectivity index (χ3v) is 6.18. The molecule has 0 spiro atoms. The van der Waals surface area contributed by atoms with Gasteiger partial charge in [0.25, 0.3) is 5.91 Å². The summed E-state index contributed by atoms with van der Waals surface area (Å²) in [7, 11) is 1.55. The maximum atomic E-state index is 13.5. The molecule has 8 nitrogen and oxygen atoms in total. The smallest absolute Gasteiger partial charge is 0.287 e. The van der Waals surface area contributed by atoms with E-state index in [4.69, 9.17) is 9.15 Å². The van der Waals surface area contributed by atoms with Gasteiger partial charge in [-0.25, -0.2) is 0 Å². The van der Waals surface area contributed by atoms with Crippen molar-refractivity contribution in [1.82, 2.24) is 15.5 Å². The van der Waals surface area contributed by atoms with Crippen LogP contribution in [0, 0.1) is 0 Å². The number of nitrogens with one attached hydrogen (secondary N) is 2. The normalized spacial score (nSPS) is 14.7. The second-order valence-electron chi connectivity index (χ2n) is 8.95. The zero-order valence-corrected chi connectivity index (χ0v) is 20.2. The van der Waals surface area contributed by atoms with Gasteiger partial charge < -0.3 is 24.7 Å². The lowest BCUT2D eigenvalue weighted by molar-refractivity contribution is -0.141. The van der Waals surface area contributed by atoms with Gasteiger partial charge in [-0.3, -0.25) is 14.4 Å². The van der Waals surface area contributed by atoms with Crippen molar-refractivity contribution in [3.63, 3.8) is 0 Å². The lowest BCUT2D eigenvalue weighted by atomic mass is 9.97. The molecule has 0 bridgehead atoms. The summed E-state index contributed by atoms with van der Waals surface area (Å²) >= 11 is 0. The van der Waals surface area contributed by atoms with Crippen LogP contribution in [0.1, 0.15) is 73.2 Å². The van der Waals surface area contributed by atoms with Gasteiger partial charge in [0.2, 0.25) is 11.8 Å². The van der Waals surface area contributed by atoms with Gasteiger partial charge in [0, 0.05) is 19.7 Å². The largest absolute Gasteiger partial charge is 0.459 e. The van der Waals surface area contributed by atoms with Crippen molar-refractivity contribution in [3.05, 3.63) is 59.5 Å². The number of benzene rings is 1. The van der Waals surface area contributed by atoms with Crippen molar-refractivity contribution in [2.24, 2.45) is 0 Å². The van der Waals surface area contributed by atoms with Crippen molar-refractivity contribution in [3.8, 4) is 0 Å². The van der Waals surface area contributed by atoms with Crippen LogP contribution in [0.15, 0.2) is 47.1 Å². The molecule has 2 N–H and O–H groups in total. The van der Waals surface area contributed by atoms with E-state index in [1.54, 1.807) is 13.2 Å². The van der Waals surface area contributed by atoms with Crippen LogP contribution in [0.5, 0.6) is 0 Å². The Hall–Kier alpha value is -3.13. The van der Waals surface area contributed by atoms with Crippen LogP contribution in [0.4, 0.5) is 0 Å². The number of carbonyl (C=O) groups excluding carboxylic acids is 3. The predicted octanol–water partition coefficient (Wildman–Crippen LogP) is 3.41. The Morgan fingerprint density at radius 1 is 1.09 bits per heavy atom. The number of hydrogen-bond donors (Lipinski definition) is 2. The molecule has 8 heteroatoms. The summed E-state index contributed by atoms with van der Waals surface area (Å²) < 4.78 is 10.3. The quantitative estimate of drug-likeness (QED) is 0.525. The first-order chi connectivity index (χ1) is 16.4. The highest BCUT2D eigenvalue weighted by molar-refractivity contribution is 5.95. The zero-order chi connectivity index (χ0) is 24.5. The Morgan fingerprint density at radius 2 is 1.76 bits per heavy atom. The fourth-order valence-electron chi connectivity index (χ4n) is 4.23. The molecular formula is C26H35N3O5. The third kappa shape index (κ3) is 6.70. The molecule has 1 aromatic heterocycles. The first-order valence-electron chi connectivity index (χ1n) is 11.9. The van der Waals surface area contributed by atoms with Crippen molar-refractivity contribution >= 4 is 17.7 Å². The standard InChI is InChI=1S/C26H35N3O5/c1-18(2)19-10-12-20(13-11-19)24(26(32)28-21-7-4-5-8-21)29(14-16-33-3)23(30)17-27-25(31)22-9-6-15-34-22/h6,9-13,15,18,21,24H,4-5,7-8,14,16-17H2,1-3H3,(H,27,31)(H,28,32). The highest BCUT2D eigenvalue weighted by Crippen LogP contribution is 2.26. The highest BCUT2D eigenvalue weighted by Gasteiger charge is 2.33. The molecule has 1 aromatic carbocycles. The lowest BCUT2D eigenvalue weighted by Crippen LogP contribution is -2.49. The molecule has 1 atom stereocenters. The summed E-state index contributed by atoms with van der Waals surface area (Å²) in [6, 6.07) is 10.2. The number of carbonyl (C=O) groups is 3. The molecule has 1 unspecified atom stereocenters. The molecule has 184 valence electrons. The second-order valence-corrected chi connectivity index (χ2v) is 8.95. The molecule has 1 saturated carbocycles. The van der Waals surface area contributed by atoms with E-state index in [9.17, 15) is 14.4 Å². The van der Waals surface area contributed by atoms with Crippen LogP contribution in [-0.2, 0) is 14.3 Å². The molecular weight excluding hydrogens is 434 g/mol. The first kappa shape index (κ1) is 25.5. The van der Waals surface area contributed by atoms with Crippen molar-refractivity contribution in [2.75, 3.05) is 26.8 Å². The molecule has 0 aliphatic heterocycles. The van der Waals surface area contributed by atoms with Crippen molar-refractivity contribution < 1.29 is 23.5 Å². The predicted molar refractivity (Wildman–Crippen MR) is 128 cm³/mol. The van der Waals surface area contributed by atoms with E-state index < -0.39 is 11.9 Å². The monoisotopic (exact) mass is 469 g/mol. The van der Waals surface area contributed by atoms with Crippen LogP contribution >= 0.6 is 0 Å². The molecule has 1 aliphatic carbocycles. The lowest BCUT2D eigenvalue weighted by Gasteiger charge is -2.32. The minimum Gasteiger partial charge on any atom is -0.459 e. The summed E-state index contributed by atoms with van der Waals surface area (Å²) in [5.74, 6) is -0.611. The number of methoxy groups -OCH3 is 1. The van der Waals surface area contributed by atoms with E-state index in [1.165, 1.54) is 17.2 Å². The Balaban J connectivity index is 1.84. The summed E-state index contributed by atoms with van der Waals surface area (Å²) in [4.78, 5) is 40.6. The number of amides is 3. The van der Waals surface area contributed by atoms with Gasteiger partial charge in [-0.15, -0.1) is 0 Å². The van der Waals surface area contributed by atoms with E-state index in [0.29, 0.717) is 5.92 Å². The highest BCUT2D eigenvalue weighted by atomic mass is 16.5. The number of hydrogen-bond acceptors (Lipinski definition) is 5. The summed E-state index contributed by atoms with van der Waals surface area (Å²) in [5, 5.41) is 5.73. The van der Waals surface area contributed by atoms with Crippen LogP contribution in [-0.4, -0.2) is 55.5 Å². The zero-order valence-electron chi connectivity index (χ0n) is 20.2. The Kier molecular flexibility index (Phi) is 9.27. The minimum atomic E-state index is -0.829. The average molecular weight is 470 g/mol. The summed E-state index contributed by atoms with van der Waals surface area (Å²) in [5.41, 5.74) is 1.88. The van der Waals surface area contributed by atoms with Crippen LogP contribution in [0.25, 0.3) is 0 Å². The average Bonchev–Trinajstić information content (AvgIpc) is 3.54. The van der Waals surface area contributed by atoms with Gasteiger partial charge in [0.1, 0.15) is 6.04 Å².